The van der Waals surface area contributed by atoms with E-state index >= 15 is 0 Å². The second-order valence-corrected chi connectivity index (χ2v) is 2.64. The van der Waals surface area contributed by atoms with Crippen LogP contribution in [0.4, 0.5) is 0 Å². The van der Waals surface area contributed by atoms with E-state index in [0.29, 0.717) is 11.3 Å². The van der Waals surface area contributed by atoms with E-state index in [1.807, 2.05) is 0 Å². The SMILES string of the molecule is C#CCO/N=C/c1cc(OC)ccc1O. The highest BCUT2D eigenvalue weighted by molar-refractivity contribution is 5.83. The van der Waals surface area contributed by atoms with Crippen molar-refractivity contribution in [3.63, 3.8) is 0 Å². The lowest BCUT2D eigenvalue weighted by Gasteiger charge is -2.02. The van der Waals surface area contributed by atoms with E-state index in [1.54, 1.807) is 19.2 Å². The molecule has 1 rings (SSSR count). The van der Waals surface area contributed by atoms with Crippen LogP contribution >= 0.6 is 0 Å². The summed E-state index contributed by atoms with van der Waals surface area (Å²) in [5.74, 6) is 3.00. The van der Waals surface area contributed by atoms with Crippen LogP contribution in [0.25, 0.3) is 0 Å². The standard InChI is InChI=1S/C11H11NO3/c1-3-6-15-12-8-9-7-10(14-2)4-5-11(9)13/h1,4-5,7-8,13H,6H2,2H3/b12-8+. The quantitative estimate of drug-likeness (QED) is 0.349. The number of aromatic hydroxyl groups is 1. The first-order valence-corrected chi connectivity index (χ1v) is 4.23. The van der Waals surface area contributed by atoms with E-state index in [4.69, 9.17) is 16.0 Å². The van der Waals surface area contributed by atoms with Crippen LogP contribution in [0.5, 0.6) is 11.5 Å². The van der Waals surface area contributed by atoms with E-state index in [2.05, 4.69) is 11.1 Å². The van der Waals surface area contributed by atoms with Gasteiger partial charge in [-0.05, 0) is 18.2 Å². The lowest BCUT2D eigenvalue weighted by atomic mass is 10.2. The van der Waals surface area contributed by atoms with Gasteiger partial charge in [0.05, 0.1) is 13.3 Å². The summed E-state index contributed by atoms with van der Waals surface area (Å²) in [5.41, 5.74) is 0.506. The summed E-state index contributed by atoms with van der Waals surface area (Å²) in [6.45, 7) is 0.0984. The van der Waals surface area contributed by atoms with Crippen LogP contribution in [0.3, 0.4) is 0 Å². The lowest BCUT2D eigenvalue weighted by Crippen LogP contribution is -1.89. The number of nitrogens with zero attached hydrogens (tertiary/aromatic N) is 1. The maximum absolute atomic E-state index is 9.44. The molecule has 15 heavy (non-hydrogen) atoms. The van der Waals surface area contributed by atoms with E-state index in [1.165, 1.54) is 12.3 Å². The molecule has 0 aliphatic rings. The van der Waals surface area contributed by atoms with E-state index in [-0.39, 0.29) is 12.4 Å². The maximum atomic E-state index is 9.44. The molecular formula is C11H11NO3. The summed E-state index contributed by atoms with van der Waals surface area (Å²) in [6.07, 6.45) is 6.34. The Kier molecular flexibility index (Phi) is 4.05. The average molecular weight is 205 g/mol. The number of hydrogen-bond donors (Lipinski definition) is 1. The molecule has 0 unspecified atom stereocenters. The molecule has 1 aromatic carbocycles. The van der Waals surface area contributed by atoms with E-state index < -0.39 is 0 Å². The highest BCUT2D eigenvalue weighted by Crippen LogP contribution is 2.20. The molecule has 0 spiro atoms. The van der Waals surface area contributed by atoms with Crippen molar-refractivity contribution in [2.75, 3.05) is 13.7 Å². The van der Waals surface area contributed by atoms with Crippen LogP contribution in [-0.4, -0.2) is 25.0 Å². The predicted molar refractivity (Wildman–Crippen MR) is 57.0 cm³/mol. The number of rotatable bonds is 4. The molecule has 0 fully saturated rings. The molecule has 0 atom stereocenters. The number of oxime groups is 1. The molecule has 0 bridgehead atoms. The van der Waals surface area contributed by atoms with E-state index in [9.17, 15) is 5.11 Å². The molecule has 4 nitrogen and oxygen atoms in total. The van der Waals surface area contributed by atoms with Crippen molar-refractivity contribution >= 4 is 6.21 Å². The first kappa shape index (κ1) is 10.9. The first-order valence-electron chi connectivity index (χ1n) is 4.23. The molecule has 1 N–H and O–H groups in total. The molecule has 0 aliphatic carbocycles. The molecule has 1 aromatic rings. The van der Waals surface area contributed by atoms with Gasteiger partial charge in [0.25, 0.3) is 0 Å². The fraction of sp³-hybridized carbons (Fsp3) is 0.182. The molecule has 0 aliphatic heterocycles. The number of hydrogen-bond acceptors (Lipinski definition) is 4. The third-order valence-corrected chi connectivity index (χ3v) is 1.65. The zero-order chi connectivity index (χ0) is 11.1. The van der Waals surface area contributed by atoms with Crippen molar-refractivity contribution in [2.24, 2.45) is 5.16 Å². The van der Waals surface area contributed by atoms with Crippen LogP contribution in [0.15, 0.2) is 23.4 Å². The normalized spacial score (nSPS) is 9.87. The third-order valence-electron chi connectivity index (χ3n) is 1.65. The zero-order valence-electron chi connectivity index (χ0n) is 8.30. The number of methoxy groups -OCH3 is 1. The van der Waals surface area contributed by atoms with Crippen molar-refractivity contribution in [1.82, 2.24) is 0 Å². The van der Waals surface area contributed by atoms with Crippen LogP contribution in [0, 0.1) is 12.3 Å². The van der Waals surface area contributed by atoms with Gasteiger partial charge in [-0.2, -0.15) is 0 Å². The van der Waals surface area contributed by atoms with Gasteiger partial charge in [0.1, 0.15) is 11.5 Å². The summed E-state index contributed by atoms with van der Waals surface area (Å²) in [7, 11) is 1.54. The molecule has 78 valence electrons. The molecule has 0 saturated carbocycles. The highest BCUT2D eigenvalue weighted by atomic mass is 16.6. The van der Waals surface area contributed by atoms with Gasteiger partial charge in [-0.15, -0.1) is 6.42 Å². The monoisotopic (exact) mass is 205 g/mol. The minimum Gasteiger partial charge on any atom is -0.507 e. The van der Waals surface area contributed by atoms with Crippen LogP contribution in [-0.2, 0) is 4.84 Å². The smallest absolute Gasteiger partial charge is 0.177 e. The van der Waals surface area contributed by atoms with Crippen molar-refractivity contribution in [3.05, 3.63) is 23.8 Å². The minimum atomic E-state index is 0.0984. The van der Waals surface area contributed by atoms with Crippen molar-refractivity contribution in [3.8, 4) is 23.8 Å². The van der Waals surface area contributed by atoms with Gasteiger partial charge in [-0.25, -0.2) is 0 Å². The van der Waals surface area contributed by atoms with Crippen molar-refractivity contribution in [1.29, 1.82) is 0 Å². The molecule has 0 radical (unpaired) electrons. The van der Waals surface area contributed by atoms with Gasteiger partial charge in [0, 0.05) is 5.56 Å². The summed E-state index contributed by atoms with van der Waals surface area (Å²) in [6, 6.07) is 4.80. The largest absolute Gasteiger partial charge is 0.507 e. The molecule has 4 heteroatoms. The Morgan fingerprint density at radius 3 is 3.07 bits per heavy atom. The Hall–Kier alpha value is -2.15. The second-order valence-electron chi connectivity index (χ2n) is 2.64. The summed E-state index contributed by atoms with van der Waals surface area (Å²) >= 11 is 0. The zero-order valence-corrected chi connectivity index (χ0v) is 8.30. The van der Waals surface area contributed by atoms with Gasteiger partial charge >= 0.3 is 0 Å². The van der Waals surface area contributed by atoms with Crippen LogP contribution in [0.2, 0.25) is 0 Å². The summed E-state index contributed by atoms with van der Waals surface area (Å²) < 4.78 is 4.99. The number of phenolic OH excluding ortho intramolecular Hbond substituents is 1. The molecule has 0 saturated heterocycles. The number of benzene rings is 1. The summed E-state index contributed by atoms with van der Waals surface area (Å²) in [4.78, 5) is 4.70. The molecule has 0 amide bonds. The number of phenols is 1. The summed E-state index contributed by atoms with van der Waals surface area (Å²) in [5, 5.41) is 13.0. The maximum Gasteiger partial charge on any atom is 0.177 e. The number of ether oxygens (including phenoxy) is 1. The van der Waals surface area contributed by atoms with Crippen molar-refractivity contribution in [2.45, 2.75) is 0 Å². The topological polar surface area (TPSA) is 51.0 Å². The molecule has 0 heterocycles. The molecular weight excluding hydrogens is 194 g/mol. The fourth-order valence-corrected chi connectivity index (χ4v) is 0.932. The average Bonchev–Trinajstić information content (AvgIpc) is 2.26. The third kappa shape index (κ3) is 3.24. The Bertz CT molecular complexity index is 393. The fourth-order valence-electron chi connectivity index (χ4n) is 0.932. The van der Waals surface area contributed by atoms with Gasteiger partial charge in [-0.3, -0.25) is 0 Å². The lowest BCUT2D eigenvalue weighted by molar-refractivity contribution is 0.181. The minimum absolute atomic E-state index is 0.0984. The Morgan fingerprint density at radius 1 is 1.60 bits per heavy atom. The van der Waals surface area contributed by atoms with Gasteiger partial charge in [0.15, 0.2) is 6.61 Å². The van der Waals surface area contributed by atoms with Crippen LogP contribution < -0.4 is 4.74 Å². The van der Waals surface area contributed by atoms with Gasteiger partial charge < -0.3 is 14.7 Å². The Morgan fingerprint density at radius 2 is 2.40 bits per heavy atom. The van der Waals surface area contributed by atoms with Crippen molar-refractivity contribution < 1.29 is 14.7 Å². The molecule has 0 aromatic heterocycles. The van der Waals surface area contributed by atoms with Gasteiger partial charge in [0.2, 0.25) is 0 Å². The Labute approximate surface area is 88.1 Å². The first-order chi connectivity index (χ1) is 7.27. The predicted octanol–water partition coefficient (Wildman–Crippen LogP) is 1.38. The highest BCUT2D eigenvalue weighted by Gasteiger charge is 2.00. The van der Waals surface area contributed by atoms with E-state index in [0.717, 1.165) is 0 Å². The van der Waals surface area contributed by atoms with Gasteiger partial charge in [-0.1, -0.05) is 11.1 Å². The number of terminal acetylenes is 1. The Balaban J connectivity index is 2.75. The van der Waals surface area contributed by atoms with Crippen LogP contribution in [0.1, 0.15) is 5.56 Å². The second kappa shape index (κ2) is 5.55.